The van der Waals surface area contributed by atoms with Crippen LogP contribution in [0.25, 0.3) is 0 Å². The van der Waals surface area contributed by atoms with Crippen molar-refractivity contribution in [3.63, 3.8) is 0 Å². The second kappa shape index (κ2) is 3.63. The van der Waals surface area contributed by atoms with Crippen LogP contribution < -0.4 is 0 Å². The highest BCUT2D eigenvalue weighted by molar-refractivity contribution is 5.20. The molecule has 1 rings (SSSR count). The van der Waals surface area contributed by atoms with E-state index in [-0.39, 0.29) is 5.56 Å². The summed E-state index contributed by atoms with van der Waals surface area (Å²) in [6.07, 6.45) is -0.541. The molecule has 0 spiro atoms. The lowest BCUT2D eigenvalue weighted by atomic mass is 10.1. The molecule has 1 N–H and O–H groups in total. The minimum Gasteiger partial charge on any atom is -0.388 e. The van der Waals surface area contributed by atoms with Crippen molar-refractivity contribution in [2.75, 3.05) is 0 Å². The zero-order valence-corrected chi connectivity index (χ0v) is 6.72. The second-order valence-corrected chi connectivity index (χ2v) is 2.57. The molecule has 0 aliphatic rings. The molecular formula is C9H10F2O. The van der Waals surface area contributed by atoms with Crippen molar-refractivity contribution in [3.8, 4) is 0 Å². The lowest BCUT2D eigenvalue weighted by molar-refractivity contribution is 0.167. The van der Waals surface area contributed by atoms with Gasteiger partial charge >= 0.3 is 0 Å². The van der Waals surface area contributed by atoms with Crippen molar-refractivity contribution in [1.82, 2.24) is 0 Å². The van der Waals surface area contributed by atoms with Gasteiger partial charge in [0, 0.05) is 5.56 Å². The number of aliphatic hydroxyl groups excluding tert-OH is 1. The summed E-state index contributed by atoms with van der Waals surface area (Å²) in [5.41, 5.74) is 0.0255. The van der Waals surface area contributed by atoms with Crippen LogP contribution >= 0.6 is 0 Å². The molecule has 12 heavy (non-hydrogen) atoms. The second-order valence-electron chi connectivity index (χ2n) is 2.57. The molecule has 3 heteroatoms. The first-order valence-electron chi connectivity index (χ1n) is 3.78. The number of hydrogen-bond donors (Lipinski definition) is 1. The van der Waals surface area contributed by atoms with E-state index in [9.17, 15) is 13.9 Å². The molecule has 0 aliphatic heterocycles. The molecule has 0 unspecified atom stereocenters. The SMILES string of the molecule is CC[C@@H](O)c1cccc(F)c1F. The molecule has 1 aromatic carbocycles. The van der Waals surface area contributed by atoms with Crippen LogP contribution in [-0.2, 0) is 0 Å². The van der Waals surface area contributed by atoms with Gasteiger partial charge in [-0.05, 0) is 12.5 Å². The first-order valence-corrected chi connectivity index (χ1v) is 3.78. The summed E-state index contributed by atoms with van der Waals surface area (Å²) in [6.45, 7) is 1.70. The summed E-state index contributed by atoms with van der Waals surface area (Å²) < 4.78 is 25.5. The standard InChI is InChI=1S/C9H10F2O/c1-2-8(12)6-4-3-5-7(10)9(6)11/h3-5,8,12H,2H2,1H3/t8-/m1/s1. The van der Waals surface area contributed by atoms with E-state index in [1.807, 2.05) is 0 Å². The smallest absolute Gasteiger partial charge is 0.164 e. The van der Waals surface area contributed by atoms with Crippen molar-refractivity contribution in [2.24, 2.45) is 0 Å². The largest absolute Gasteiger partial charge is 0.388 e. The summed E-state index contributed by atoms with van der Waals surface area (Å²) in [6, 6.07) is 3.79. The monoisotopic (exact) mass is 172 g/mol. The third kappa shape index (κ3) is 1.61. The van der Waals surface area contributed by atoms with E-state index in [1.54, 1.807) is 6.92 Å². The maximum Gasteiger partial charge on any atom is 0.164 e. The third-order valence-corrected chi connectivity index (χ3v) is 1.73. The maximum absolute atomic E-state index is 12.9. The van der Waals surface area contributed by atoms with Crippen LogP contribution in [0.4, 0.5) is 8.78 Å². The average molecular weight is 172 g/mol. The van der Waals surface area contributed by atoms with Crippen LogP contribution in [0.1, 0.15) is 25.0 Å². The number of halogens is 2. The van der Waals surface area contributed by atoms with Crippen LogP contribution in [0.2, 0.25) is 0 Å². The molecule has 0 fully saturated rings. The van der Waals surface area contributed by atoms with Gasteiger partial charge in [-0.15, -0.1) is 0 Å². The van der Waals surface area contributed by atoms with Crippen molar-refractivity contribution in [1.29, 1.82) is 0 Å². The predicted molar refractivity (Wildman–Crippen MR) is 41.6 cm³/mol. The Morgan fingerprint density at radius 3 is 2.67 bits per heavy atom. The molecule has 0 saturated heterocycles. The van der Waals surface area contributed by atoms with Gasteiger partial charge in [-0.1, -0.05) is 19.1 Å². The molecule has 0 amide bonds. The molecule has 1 nitrogen and oxygen atoms in total. The summed E-state index contributed by atoms with van der Waals surface area (Å²) in [7, 11) is 0. The lowest BCUT2D eigenvalue weighted by Crippen LogP contribution is -2.00. The fourth-order valence-corrected chi connectivity index (χ4v) is 0.998. The summed E-state index contributed by atoms with van der Waals surface area (Å²) in [5, 5.41) is 9.23. The summed E-state index contributed by atoms with van der Waals surface area (Å²) in [4.78, 5) is 0. The predicted octanol–water partition coefficient (Wildman–Crippen LogP) is 2.41. The van der Waals surface area contributed by atoms with E-state index < -0.39 is 17.7 Å². The van der Waals surface area contributed by atoms with Crippen LogP contribution in [0, 0.1) is 11.6 Å². The summed E-state index contributed by atoms with van der Waals surface area (Å²) >= 11 is 0. The van der Waals surface area contributed by atoms with E-state index >= 15 is 0 Å². The van der Waals surface area contributed by atoms with Crippen molar-refractivity contribution >= 4 is 0 Å². The molecule has 0 bridgehead atoms. The highest BCUT2D eigenvalue weighted by Gasteiger charge is 2.13. The minimum absolute atomic E-state index is 0.0255. The van der Waals surface area contributed by atoms with Crippen LogP contribution in [0.3, 0.4) is 0 Å². The van der Waals surface area contributed by atoms with Gasteiger partial charge < -0.3 is 5.11 Å². The molecule has 0 aromatic heterocycles. The van der Waals surface area contributed by atoms with Crippen molar-refractivity contribution in [2.45, 2.75) is 19.4 Å². The summed E-state index contributed by atoms with van der Waals surface area (Å²) in [5.74, 6) is -1.87. The normalized spacial score (nSPS) is 13.0. The number of benzene rings is 1. The van der Waals surface area contributed by atoms with Gasteiger partial charge in [-0.25, -0.2) is 8.78 Å². The van der Waals surface area contributed by atoms with E-state index in [1.165, 1.54) is 12.1 Å². The third-order valence-electron chi connectivity index (χ3n) is 1.73. The molecule has 0 radical (unpaired) electrons. The Morgan fingerprint density at radius 1 is 1.42 bits per heavy atom. The Labute approximate surface area is 69.7 Å². The zero-order chi connectivity index (χ0) is 9.14. The van der Waals surface area contributed by atoms with Gasteiger partial charge in [-0.3, -0.25) is 0 Å². The van der Waals surface area contributed by atoms with Crippen LogP contribution in [-0.4, -0.2) is 5.11 Å². The fraction of sp³-hybridized carbons (Fsp3) is 0.333. The molecule has 1 atom stereocenters. The number of rotatable bonds is 2. The first-order chi connectivity index (χ1) is 5.66. The van der Waals surface area contributed by atoms with Crippen molar-refractivity contribution in [3.05, 3.63) is 35.4 Å². The number of hydrogen-bond acceptors (Lipinski definition) is 1. The minimum atomic E-state index is -0.952. The van der Waals surface area contributed by atoms with Crippen LogP contribution in [0.15, 0.2) is 18.2 Å². The van der Waals surface area contributed by atoms with Gasteiger partial charge in [0.1, 0.15) is 0 Å². The first kappa shape index (κ1) is 9.13. The molecule has 0 heterocycles. The molecular weight excluding hydrogens is 162 g/mol. The molecule has 1 aromatic rings. The fourth-order valence-electron chi connectivity index (χ4n) is 0.998. The van der Waals surface area contributed by atoms with Gasteiger partial charge in [0.2, 0.25) is 0 Å². The Balaban J connectivity index is 3.07. The molecule has 0 saturated carbocycles. The average Bonchev–Trinajstić information content (AvgIpc) is 2.08. The highest BCUT2D eigenvalue weighted by atomic mass is 19.2. The van der Waals surface area contributed by atoms with E-state index in [2.05, 4.69) is 0 Å². The maximum atomic E-state index is 12.9. The van der Waals surface area contributed by atoms with Gasteiger partial charge in [0.15, 0.2) is 11.6 Å². The van der Waals surface area contributed by atoms with Gasteiger partial charge in [0.25, 0.3) is 0 Å². The van der Waals surface area contributed by atoms with Crippen LogP contribution in [0.5, 0.6) is 0 Å². The van der Waals surface area contributed by atoms with E-state index in [4.69, 9.17) is 0 Å². The molecule has 66 valence electrons. The Hall–Kier alpha value is -0.960. The van der Waals surface area contributed by atoms with E-state index in [0.717, 1.165) is 6.07 Å². The Bertz CT molecular complexity index is 273. The van der Waals surface area contributed by atoms with Gasteiger partial charge in [-0.2, -0.15) is 0 Å². The molecule has 0 aliphatic carbocycles. The Morgan fingerprint density at radius 2 is 2.08 bits per heavy atom. The zero-order valence-electron chi connectivity index (χ0n) is 6.72. The number of aliphatic hydroxyl groups is 1. The van der Waals surface area contributed by atoms with E-state index in [0.29, 0.717) is 6.42 Å². The quantitative estimate of drug-likeness (QED) is 0.726. The highest BCUT2D eigenvalue weighted by Crippen LogP contribution is 2.20. The van der Waals surface area contributed by atoms with Gasteiger partial charge in [0.05, 0.1) is 6.10 Å². The lowest BCUT2D eigenvalue weighted by Gasteiger charge is -2.08. The van der Waals surface area contributed by atoms with Crippen molar-refractivity contribution < 1.29 is 13.9 Å². The topological polar surface area (TPSA) is 20.2 Å². The Kier molecular flexibility index (Phi) is 2.76.